The zero-order chi connectivity index (χ0) is 16.2. The number of halogens is 1. The van der Waals surface area contributed by atoms with Crippen LogP contribution in [0.1, 0.15) is 5.56 Å². The van der Waals surface area contributed by atoms with E-state index >= 15 is 0 Å². The molecule has 0 unspecified atom stereocenters. The Morgan fingerprint density at radius 3 is 2.57 bits per heavy atom. The van der Waals surface area contributed by atoms with Crippen molar-refractivity contribution >= 4 is 28.9 Å². The fourth-order valence-electron chi connectivity index (χ4n) is 2.30. The molecule has 0 bridgehead atoms. The highest BCUT2D eigenvalue weighted by Crippen LogP contribution is 2.37. The molecule has 5 nitrogen and oxygen atoms in total. The number of carbonyl (C=O) groups is 1. The molecule has 0 saturated heterocycles. The van der Waals surface area contributed by atoms with Crippen LogP contribution in [0, 0.1) is 6.92 Å². The lowest BCUT2D eigenvalue weighted by Gasteiger charge is -2.20. The maximum atomic E-state index is 12.1. The van der Waals surface area contributed by atoms with Crippen molar-refractivity contribution in [2.45, 2.75) is 6.92 Å². The summed E-state index contributed by atoms with van der Waals surface area (Å²) in [4.78, 5) is 12.1. The Morgan fingerprint density at radius 1 is 1.13 bits per heavy atom. The topological polar surface area (TPSA) is 59.6 Å². The quantitative estimate of drug-likeness (QED) is 0.900. The van der Waals surface area contributed by atoms with Gasteiger partial charge in [0.15, 0.2) is 11.5 Å². The van der Waals surface area contributed by atoms with Gasteiger partial charge in [-0.05, 0) is 18.6 Å². The number of anilines is 2. The van der Waals surface area contributed by atoms with Gasteiger partial charge in [-0.2, -0.15) is 0 Å². The Morgan fingerprint density at radius 2 is 1.83 bits per heavy atom. The Labute approximate surface area is 139 Å². The predicted octanol–water partition coefficient (Wildman–Crippen LogP) is 3.47. The molecule has 0 atom stereocenters. The monoisotopic (exact) mass is 332 g/mol. The van der Waals surface area contributed by atoms with Crippen molar-refractivity contribution in [1.29, 1.82) is 0 Å². The molecule has 120 valence electrons. The highest BCUT2D eigenvalue weighted by molar-refractivity contribution is 6.34. The van der Waals surface area contributed by atoms with Gasteiger partial charge < -0.3 is 20.1 Å². The van der Waals surface area contributed by atoms with Crippen molar-refractivity contribution in [2.24, 2.45) is 0 Å². The van der Waals surface area contributed by atoms with Crippen LogP contribution in [-0.2, 0) is 4.79 Å². The molecule has 2 aromatic rings. The molecule has 0 fully saturated rings. The number of hydrogen-bond acceptors (Lipinski definition) is 4. The summed E-state index contributed by atoms with van der Waals surface area (Å²) in [7, 11) is 0. The van der Waals surface area contributed by atoms with E-state index in [1.54, 1.807) is 12.1 Å². The first-order valence-electron chi connectivity index (χ1n) is 7.32. The Hall–Kier alpha value is -2.40. The molecule has 1 heterocycles. The summed E-state index contributed by atoms with van der Waals surface area (Å²) < 4.78 is 10.9. The third-order valence-electron chi connectivity index (χ3n) is 3.49. The Balaban J connectivity index is 1.65. The van der Waals surface area contributed by atoms with E-state index in [0.717, 1.165) is 11.3 Å². The number of benzene rings is 2. The van der Waals surface area contributed by atoms with E-state index in [0.29, 0.717) is 35.4 Å². The summed E-state index contributed by atoms with van der Waals surface area (Å²) in [6, 6.07) is 11.1. The molecule has 0 aromatic heterocycles. The van der Waals surface area contributed by atoms with Gasteiger partial charge in [-0.1, -0.05) is 29.8 Å². The largest absolute Gasteiger partial charge is 0.486 e. The number of ether oxygens (including phenoxy) is 2. The van der Waals surface area contributed by atoms with Crippen molar-refractivity contribution in [1.82, 2.24) is 0 Å². The summed E-state index contributed by atoms with van der Waals surface area (Å²) >= 11 is 6.18. The van der Waals surface area contributed by atoms with E-state index < -0.39 is 0 Å². The number of hydrogen-bond donors (Lipinski definition) is 2. The zero-order valence-corrected chi connectivity index (χ0v) is 13.4. The SMILES string of the molecule is Cc1ccccc1NCC(=O)Nc1cc2c(cc1Cl)OCCO2. The summed E-state index contributed by atoms with van der Waals surface area (Å²) in [5.41, 5.74) is 2.51. The molecule has 2 N–H and O–H groups in total. The summed E-state index contributed by atoms with van der Waals surface area (Å²) in [6.45, 7) is 3.11. The predicted molar refractivity (Wildman–Crippen MR) is 90.7 cm³/mol. The summed E-state index contributed by atoms with van der Waals surface area (Å²) in [5, 5.41) is 6.30. The van der Waals surface area contributed by atoms with Crippen LogP contribution in [0.25, 0.3) is 0 Å². The number of fused-ring (bicyclic) bond motifs is 1. The third kappa shape index (κ3) is 3.68. The van der Waals surface area contributed by atoms with E-state index in [2.05, 4.69) is 10.6 Å². The number of carbonyl (C=O) groups excluding carboxylic acids is 1. The molecule has 3 rings (SSSR count). The van der Waals surface area contributed by atoms with Gasteiger partial charge in [0.2, 0.25) is 5.91 Å². The molecule has 1 amide bonds. The molecular formula is C17H17ClN2O3. The zero-order valence-electron chi connectivity index (χ0n) is 12.7. The lowest BCUT2D eigenvalue weighted by molar-refractivity contribution is -0.114. The number of amides is 1. The van der Waals surface area contributed by atoms with Crippen molar-refractivity contribution in [2.75, 3.05) is 30.4 Å². The van der Waals surface area contributed by atoms with Gasteiger partial charge >= 0.3 is 0 Å². The number of rotatable bonds is 4. The summed E-state index contributed by atoms with van der Waals surface area (Å²) in [6.07, 6.45) is 0. The van der Waals surface area contributed by atoms with Crippen LogP contribution in [0.15, 0.2) is 36.4 Å². The van der Waals surface area contributed by atoms with Crippen LogP contribution in [-0.4, -0.2) is 25.7 Å². The maximum Gasteiger partial charge on any atom is 0.243 e. The van der Waals surface area contributed by atoms with Gasteiger partial charge in [0, 0.05) is 17.8 Å². The van der Waals surface area contributed by atoms with E-state index in [-0.39, 0.29) is 12.5 Å². The van der Waals surface area contributed by atoms with E-state index in [1.165, 1.54) is 0 Å². The van der Waals surface area contributed by atoms with E-state index in [9.17, 15) is 4.79 Å². The minimum Gasteiger partial charge on any atom is -0.486 e. The average molecular weight is 333 g/mol. The van der Waals surface area contributed by atoms with Crippen LogP contribution in [0.5, 0.6) is 11.5 Å². The first kappa shape index (κ1) is 15.5. The van der Waals surface area contributed by atoms with Gasteiger partial charge in [-0.25, -0.2) is 0 Å². The fourth-order valence-corrected chi connectivity index (χ4v) is 2.50. The van der Waals surface area contributed by atoms with Crippen molar-refractivity contribution in [3.05, 3.63) is 47.0 Å². The smallest absolute Gasteiger partial charge is 0.243 e. The second-order valence-electron chi connectivity index (χ2n) is 5.19. The molecule has 0 aliphatic carbocycles. The second-order valence-corrected chi connectivity index (χ2v) is 5.60. The molecule has 1 aliphatic heterocycles. The van der Waals surface area contributed by atoms with E-state index in [4.69, 9.17) is 21.1 Å². The molecule has 23 heavy (non-hydrogen) atoms. The van der Waals surface area contributed by atoms with Gasteiger partial charge in [-0.15, -0.1) is 0 Å². The molecule has 1 aliphatic rings. The van der Waals surface area contributed by atoms with Crippen molar-refractivity contribution in [3.8, 4) is 11.5 Å². The van der Waals surface area contributed by atoms with Crippen LogP contribution in [0.2, 0.25) is 5.02 Å². The molecule has 6 heteroatoms. The first-order chi connectivity index (χ1) is 11.1. The molecule has 0 radical (unpaired) electrons. The van der Waals surface area contributed by atoms with Crippen molar-refractivity contribution in [3.63, 3.8) is 0 Å². The van der Waals surface area contributed by atoms with Gasteiger partial charge in [0.1, 0.15) is 13.2 Å². The first-order valence-corrected chi connectivity index (χ1v) is 7.70. The molecule has 0 saturated carbocycles. The second kappa shape index (κ2) is 6.79. The van der Waals surface area contributed by atoms with Gasteiger partial charge in [-0.3, -0.25) is 4.79 Å². The van der Waals surface area contributed by atoms with Crippen LogP contribution in [0.3, 0.4) is 0 Å². The minimum absolute atomic E-state index is 0.148. The van der Waals surface area contributed by atoms with Gasteiger partial charge in [0.25, 0.3) is 0 Å². The standard InChI is InChI=1S/C17H17ClN2O3/c1-11-4-2-3-5-13(11)19-10-17(21)20-14-9-16-15(8-12(14)18)22-6-7-23-16/h2-5,8-9,19H,6-7,10H2,1H3,(H,20,21). The normalized spacial score (nSPS) is 12.6. The Kier molecular flexibility index (Phi) is 4.57. The number of para-hydroxylation sites is 1. The average Bonchev–Trinajstić information content (AvgIpc) is 2.55. The lowest BCUT2D eigenvalue weighted by Crippen LogP contribution is -2.22. The molecular weight excluding hydrogens is 316 g/mol. The van der Waals surface area contributed by atoms with Crippen LogP contribution < -0.4 is 20.1 Å². The Bertz CT molecular complexity index is 734. The highest BCUT2D eigenvalue weighted by Gasteiger charge is 2.16. The highest BCUT2D eigenvalue weighted by atomic mass is 35.5. The van der Waals surface area contributed by atoms with Crippen molar-refractivity contribution < 1.29 is 14.3 Å². The maximum absolute atomic E-state index is 12.1. The number of aryl methyl sites for hydroxylation is 1. The third-order valence-corrected chi connectivity index (χ3v) is 3.80. The minimum atomic E-state index is -0.188. The molecule has 2 aromatic carbocycles. The van der Waals surface area contributed by atoms with Crippen LogP contribution in [0.4, 0.5) is 11.4 Å². The lowest BCUT2D eigenvalue weighted by atomic mass is 10.2. The van der Waals surface area contributed by atoms with E-state index in [1.807, 2.05) is 31.2 Å². The van der Waals surface area contributed by atoms with Gasteiger partial charge in [0.05, 0.1) is 17.3 Å². The summed E-state index contributed by atoms with van der Waals surface area (Å²) in [5.74, 6) is 0.993. The van der Waals surface area contributed by atoms with Crippen LogP contribution >= 0.6 is 11.6 Å². The molecule has 0 spiro atoms. The number of nitrogens with one attached hydrogen (secondary N) is 2. The fraction of sp³-hybridized carbons (Fsp3) is 0.235.